The molecule has 5 nitrogen and oxygen atoms in total. The minimum Gasteiger partial charge on any atom is -0.326 e. The summed E-state index contributed by atoms with van der Waals surface area (Å²) in [6.45, 7) is 1.88. The third kappa shape index (κ3) is 5.67. The van der Waals surface area contributed by atoms with Gasteiger partial charge in [-0.05, 0) is 60.5 Å². The molecule has 0 aliphatic carbocycles. The van der Waals surface area contributed by atoms with Gasteiger partial charge in [-0.1, -0.05) is 53.0 Å². The highest BCUT2D eigenvalue weighted by Gasteiger charge is 2.16. The number of halogens is 3. The first-order chi connectivity index (χ1) is 14.1. The normalized spacial score (nSPS) is 11.2. The Morgan fingerprint density at radius 1 is 0.833 bits per heavy atom. The monoisotopic (exact) mass is 482 g/mol. The zero-order valence-electron chi connectivity index (χ0n) is 15.7. The third-order valence-electron chi connectivity index (χ3n) is 4.23. The zero-order chi connectivity index (χ0) is 21.9. The molecule has 3 aromatic carbocycles. The first-order valence-electron chi connectivity index (χ1n) is 8.77. The summed E-state index contributed by atoms with van der Waals surface area (Å²) in [5.41, 5.74) is 2.62. The molecular formula is C21H17Cl3N2O3S. The molecule has 156 valence electrons. The fourth-order valence-corrected chi connectivity index (χ4v) is 4.24. The van der Waals surface area contributed by atoms with Gasteiger partial charge in [0, 0.05) is 16.4 Å². The van der Waals surface area contributed by atoms with Crippen molar-refractivity contribution in [1.29, 1.82) is 0 Å². The van der Waals surface area contributed by atoms with Crippen molar-refractivity contribution in [1.82, 2.24) is 0 Å². The summed E-state index contributed by atoms with van der Waals surface area (Å²) >= 11 is 17.8. The van der Waals surface area contributed by atoms with Gasteiger partial charge in [0.05, 0.1) is 21.4 Å². The van der Waals surface area contributed by atoms with Gasteiger partial charge in [-0.2, -0.15) is 0 Å². The topological polar surface area (TPSA) is 75.3 Å². The lowest BCUT2D eigenvalue weighted by molar-refractivity contribution is -0.115. The number of amides is 1. The number of sulfonamides is 1. The predicted octanol–water partition coefficient (Wildman–Crippen LogP) is 5.94. The molecule has 30 heavy (non-hydrogen) atoms. The summed E-state index contributed by atoms with van der Waals surface area (Å²) < 4.78 is 27.5. The average Bonchev–Trinajstić information content (AvgIpc) is 2.68. The SMILES string of the molecule is Cc1ccc(NC(=O)Cc2ccc(NS(=O)(=O)c3ccc(Cl)c(Cl)c3)cc2)cc1Cl. The highest BCUT2D eigenvalue weighted by Crippen LogP contribution is 2.26. The van der Waals surface area contributed by atoms with E-state index in [1.165, 1.54) is 18.2 Å². The van der Waals surface area contributed by atoms with Crippen LogP contribution in [0.15, 0.2) is 65.6 Å². The summed E-state index contributed by atoms with van der Waals surface area (Å²) in [5, 5.41) is 3.78. The van der Waals surface area contributed by atoms with Gasteiger partial charge in [-0.25, -0.2) is 8.42 Å². The molecule has 0 saturated carbocycles. The molecule has 0 bridgehead atoms. The Balaban J connectivity index is 1.64. The molecule has 0 aliphatic heterocycles. The van der Waals surface area contributed by atoms with E-state index in [0.717, 1.165) is 11.1 Å². The molecule has 0 unspecified atom stereocenters. The first-order valence-corrected chi connectivity index (χ1v) is 11.4. The molecule has 0 fully saturated rings. The minimum absolute atomic E-state index is 0.00267. The van der Waals surface area contributed by atoms with Crippen molar-refractivity contribution in [2.75, 3.05) is 10.0 Å². The Labute approximate surface area is 190 Å². The van der Waals surface area contributed by atoms with Crippen molar-refractivity contribution in [2.45, 2.75) is 18.2 Å². The fraction of sp³-hybridized carbons (Fsp3) is 0.0952. The molecule has 0 heterocycles. The molecule has 0 saturated heterocycles. The van der Waals surface area contributed by atoms with Crippen LogP contribution in [0.1, 0.15) is 11.1 Å². The van der Waals surface area contributed by atoms with E-state index < -0.39 is 10.0 Å². The van der Waals surface area contributed by atoms with Crippen LogP contribution in [0.3, 0.4) is 0 Å². The van der Waals surface area contributed by atoms with E-state index >= 15 is 0 Å². The number of benzene rings is 3. The largest absolute Gasteiger partial charge is 0.326 e. The summed E-state index contributed by atoms with van der Waals surface area (Å²) in [6.07, 6.45) is 0.130. The van der Waals surface area contributed by atoms with Gasteiger partial charge in [-0.3, -0.25) is 9.52 Å². The van der Waals surface area contributed by atoms with E-state index in [9.17, 15) is 13.2 Å². The predicted molar refractivity (Wildman–Crippen MR) is 122 cm³/mol. The Morgan fingerprint density at radius 2 is 1.50 bits per heavy atom. The summed E-state index contributed by atoms with van der Waals surface area (Å²) in [7, 11) is -3.82. The van der Waals surface area contributed by atoms with Crippen LogP contribution in [0, 0.1) is 6.92 Å². The molecule has 1 amide bonds. The van der Waals surface area contributed by atoms with Crippen molar-refractivity contribution in [3.63, 3.8) is 0 Å². The van der Waals surface area contributed by atoms with Crippen LogP contribution in [0.25, 0.3) is 0 Å². The quantitative estimate of drug-likeness (QED) is 0.456. The van der Waals surface area contributed by atoms with Gasteiger partial charge in [0.1, 0.15) is 0 Å². The molecular weight excluding hydrogens is 467 g/mol. The molecule has 2 N–H and O–H groups in total. The standard InChI is InChI=1S/C21H17Cl3N2O3S/c1-13-2-5-16(11-19(13)23)25-21(27)10-14-3-6-15(7-4-14)26-30(28,29)17-8-9-18(22)20(24)12-17/h2-9,11-12,26H,10H2,1H3,(H,25,27). The van der Waals surface area contributed by atoms with Gasteiger partial charge < -0.3 is 5.32 Å². The lowest BCUT2D eigenvalue weighted by Crippen LogP contribution is -2.15. The van der Waals surface area contributed by atoms with E-state index in [0.29, 0.717) is 16.4 Å². The first kappa shape index (κ1) is 22.4. The van der Waals surface area contributed by atoms with Gasteiger partial charge >= 0.3 is 0 Å². The Hall–Kier alpha value is -2.25. The van der Waals surface area contributed by atoms with Crippen molar-refractivity contribution in [2.24, 2.45) is 0 Å². The molecule has 3 rings (SSSR count). The van der Waals surface area contributed by atoms with E-state index in [1.807, 2.05) is 13.0 Å². The van der Waals surface area contributed by atoms with E-state index in [4.69, 9.17) is 34.8 Å². The molecule has 0 spiro atoms. The highest BCUT2D eigenvalue weighted by atomic mass is 35.5. The van der Waals surface area contributed by atoms with Crippen molar-refractivity contribution in [3.8, 4) is 0 Å². The van der Waals surface area contributed by atoms with Crippen LogP contribution in [-0.2, 0) is 21.2 Å². The zero-order valence-corrected chi connectivity index (χ0v) is 18.8. The second-order valence-corrected chi connectivity index (χ2v) is 9.47. The van der Waals surface area contributed by atoms with Crippen molar-refractivity contribution in [3.05, 3.63) is 86.9 Å². The number of hydrogen-bond donors (Lipinski definition) is 2. The van der Waals surface area contributed by atoms with Crippen LogP contribution in [0.2, 0.25) is 15.1 Å². The molecule has 0 radical (unpaired) electrons. The van der Waals surface area contributed by atoms with E-state index in [2.05, 4.69) is 10.0 Å². The van der Waals surface area contributed by atoms with Crippen LogP contribution in [0.4, 0.5) is 11.4 Å². The third-order valence-corrected chi connectivity index (χ3v) is 6.75. The van der Waals surface area contributed by atoms with Gasteiger partial charge in [0.15, 0.2) is 0 Å². The summed E-state index contributed by atoms with van der Waals surface area (Å²) in [5.74, 6) is -0.209. The maximum absolute atomic E-state index is 12.5. The molecule has 9 heteroatoms. The number of nitrogens with one attached hydrogen (secondary N) is 2. The van der Waals surface area contributed by atoms with E-state index in [1.54, 1.807) is 36.4 Å². The van der Waals surface area contributed by atoms with E-state index in [-0.39, 0.29) is 27.3 Å². The number of rotatable bonds is 6. The maximum atomic E-state index is 12.5. The molecule has 0 atom stereocenters. The van der Waals surface area contributed by atoms with Crippen LogP contribution in [-0.4, -0.2) is 14.3 Å². The minimum atomic E-state index is -3.82. The van der Waals surface area contributed by atoms with Crippen molar-refractivity contribution < 1.29 is 13.2 Å². The lowest BCUT2D eigenvalue weighted by atomic mass is 10.1. The number of carbonyl (C=O) groups excluding carboxylic acids is 1. The second kappa shape index (κ2) is 9.27. The lowest BCUT2D eigenvalue weighted by Gasteiger charge is -2.10. The average molecular weight is 484 g/mol. The van der Waals surface area contributed by atoms with Crippen LogP contribution >= 0.6 is 34.8 Å². The van der Waals surface area contributed by atoms with Gasteiger partial charge in [0.2, 0.25) is 5.91 Å². The number of aryl methyl sites for hydroxylation is 1. The Morgan fingerprint density at radius 3 is 2.13 bits per heavy atom. The summed E-state index contributed by atoms with van der Waals surface area (Å²) in [4.78, 5) is 12.2. The van der Waals surface area contributed by atoms with Crippen LogP contribution in [0.5, 0.6) is 0 Å². The molecule has 3 aromatic rings. The molecule has 0 aliphatic rings. The Kier molecular flexibility index (Phi) is 6.93. The maximum Gasteiger partial charge on any atom is 0.261 e. The number of hydrogen-bond acceptors (Lipinski definition) is 3. The van der Waals surface area contributed by atoms with Gasteiger partial charge in [-0.15, -0.1) is 0 Å². The highest BCUT2D eigenvalue weighted by molar-refractivity contribution is 7.92. The van der Waals surface area contributed by atoms with Crippen molar-refractivity contribution >= 4 is 62.1 Å². The second-order valence-electron chi connectivity index (χ2n) is 6.57. The Bertz CT molecular complexity index is 1200. The van der Waals surface area contributed by atoms with Gasteiger partial charge in [0.25, 0.3) is 10.0 Å². The fourth-order valence-electron chi connectivity index (χ4n) is 2.61. The number of anilines is 2. The number of carbonyl (C=O) groups is 1. The summed E-state index contributed by atoms with van der Waals surface area (Å²) in [6, 6.07) is 15.9. The smallest absolute Gasteiger partial charge is 0.261 e. The molecule has 0 aromatic heterocycles. The van der Waals surface area contributed by atoms with Crippen LogP contribution < -0.4 is 10.0 Å².